The van der Waals surface area contributed by atoms with Crippen LogP contribution >= 0.6 is 0 Å². The quantitative estimate of drug-likeness (QED) is 0.405. The fourth-order valence-corrected chi connectivity index (χ4v) is 1.18. The van der Waals surface area contributed by atoms with E-state index in [-0.39, 0.29) is 11.6 Å². The molecule has 0 saturated carbocycles. The van der Waals surface area contributed by atoms with Gasteiger partial charge in [0, 0.05) is 12.8 Å². The van der Waals surface area contributed by atoms with Crippen LogP contribution in [-0.4, -0.2) is 11.6 Å². The predicted molar refractivity (Wildman–Crippen MR) is 96.8 cm³/mol. The van der Waals surface area contributed by atoms with Gasteiger partial charge in [0.15, 0.2) is 11.6 Å². The number of Topliss-reactive ketones (excluding diaryl/α,β-unsaturated/α-hetero) is 2. The summed E-state index contributed by atoms with van der Waals surface area (Å²) in [5, 5.41) is 0. The van der Waals surface area contributed by atoms with Crippen LogP contribution in [-0.2, 0) is 9.59 Å². The first-order valence-electron chi connectivity index (χ1n) is 7.13. The van der Waals surface area contributed by atoms with Crippen molar-refractivity contribution in [1.82, 2.24) is 0 Å². The molecule has 0 spiro atoms. The molecule has 0 aromatic heterocycles. The van der Waals surface area contributed by atoms with Gasteiger partial charge in [-0.15, -0.1) is 0 Å². The van der Waals surface area contributed by atoms with E-state index in [2.05, 4.69) is 39.5 Å². The Morgan fingerprint density at radius 1 is 0.682 bits per heavy atom. The van der Waals surface area contributed by atoms with Crippen LogP contribution in [0.3, 0.4) is 0 Å². The molecule has 120 valence electrons. The van der Waals surface area contributed by atoms with E-state index in [9.17, 15) is 9.59 Å². The predicted octanol–water partition coefficient (Wildman–Crippen LogP) is 5.31. The molecule has 0 atom stereocenters. The molecule has 0 bridgehead atoms. The van der Waals surface area contributed by atoms with Crippen LogP contribution in [0.25, 0.3) is 0 Å². The molecule has 2 heteroatoms. The maximum atomic E-state index is 11.0. The number of ketones is 2. The number of hydrogen-bond donors (Lipinski definition) is 0. The first-order valence-corrected chi connectivity index (χ1v) is 7.13. The summed E-state index contributed by atoms with van der Waals surface area (Å²) in [4.78, 5) is 22.0. The smallest absolute Gasteiger partial charge is 0.158 e. The van der Waals surface area contributed by atoms with Crippen molar-refractivity contribution in [3.05, 3.63) is 73.9 Å². The Morgan fingerprint density at radius 2 is 0.955 bits per heavy atom. The SMILES string of the molecule is C=CC(=C)CCC(=O)C(=C)C.C=CC(=C)CCC(=O)C(=C)C. The molecule has 0 aliphatic heterocycles. The van der Waals surface area contributed by atoms with Crippen LogP contribution in [0, 0.1) is 0 Å². The summed E-state index contributed by atoms with van der Waals surface area (Å²) in [6.07, 6.45) is 5.72. The first kappa shape index (κ1) is 22.1. The topological polar surface area (TPSA) is 34.1 Å². The van der Waals surface area contributed by atoms with E-state index in [1.807, 2.05) is 0 Å². The summed E-state index contributed by atoms with van der Waals surface area (Å²) >= 11 is 0. The van der Waals surface area contributed by atoms with E-state index in [1.165, 1.54) is 0 Å². The highest BCUT2D eigenvalue weighted by Crippen LogP contribution is 2.07. The maximum Gasteiger partial charge on any atom is 0.158 e. The average Bonchev–Trinajstić information content (AvgIpc) is 2.49. The minimum atomic E-state index is 0.105. The average molecular weight is 300 g/mol. The molecule has 0 N–H and O–H groups in total. The van der Waals surface area contributed by atoms with Crippen molar-refractivity contribution in [3.8, 4) is 0 Å². The van der Waals surface area contributed by atoms with E-state index >= 15 is 0 Å². The molecule has 0 aliphatic carbocycles. The summed E-state index contributed by atoms with van der Waals surface area (Å²) < 4.78 is 0. The Morgan fingerprint density at radius 3 is 1.14 bits per heavy atom. The van der Waals surface area contributed by atoms with Crippen molar-refractivity contribution in [2.24, 2.45) is 0 Å². The zero-order valence-electron chi connectivity index (χ0n) is 14.0. The zero-order chi connectivity index (χ0) is 17.7. The highest BCUT2D eigenvalue weighted by atomic mass is 16.1. The normalized spacial score (nSPS) is 8.82. The van der Waals surface area contributed by atoms with E-state index in [0.29, 0.717) is 36.8 Å². The fourth-order valence-electron chi connectivity index (χ4n) is 1.18. The third-order valence-corrected chi connectivity index (χ3v) is 2.88. The van der Waals surface area contributed by atoms with Gasteiger partial charge in [-0.1, -0.05) is 62.8 Å². The molecule has 0 radical (unpaired) electrons. The number of carbonyl (C=O) groups excluding carboxylic acids is 2. The van der Waals surface area contributed by atoms with Gasteiger partial charge >= 0.3 is 0 Å². The molecule has 0 rings (SSSR count). The molecule has 2 nitrogen and oxygen atoms in total. The summed E-state index contributed by atoms with van der Waals surface area (Å²) in [7, 11) is 0. The third kappa shape index (κ3) is 12.8. The van der Waals surface area contributed by atoms with Gasteiger partial charge in [0.2, 0.25) is 0 Å². The zero-order valence-corrected chi connectivity index (χ0v) is 14.0. The van der Waals surface area contributed by atoms with Crippen LogP contribution in [0.2, 0.25) is 0 Å². The van der Waals surface area contributed by atoms with Crippen molar-refractivity contribution in [2.45, 2.75) is 39.5 Å². The van der Waals surface area contributed by atoms with Gasteiger partial charge in [0.25, 0.3) is 0 Å². The Balaban J connectivity index is 0. The van der Waals surface area contributed by atoms with Gasteiger partial charge in [-0.25, -0.2) is 0 Å². The van der Waals surface area contributed by atoms with Crippen molar-refractivity contribution in [2.75, 3.05) is 0 Å². The third-order valence-electron chi connectivity index (χ3n) is 2.88. The first-order chi connectivity index (χ1) is 10.1. The van der Waals surface area contributed by atoms with Crippen LogP contribution in [0.5, 0.6) is 0 Å². The minimum Gasteiger partial charge on any atom is -0.295 e. The lowest BCUT2D eigenvalue weighted by Gasteiger charge is -1.98. The molecule has 0 aromatic rings. The number of carbonyl (C=O) groups is 2. The van der Waals surface area contributed by atoms with Crippen molar-refractivity contribution >= 4 is 11.6 Å². The van der Waals surface area contributed by atoms with Crippen LogP contribution < -0.4 is 0 Å². The minimum absolute atomic E-state index is 0.105. The van der Waals surface area contributed by atoms with Gasteiger partial charge in [0.05, 0.1) is 0 Å². The number of hydrogen-bond acceptors (Lipinski definition) is 2. The molecule has 0 amide bonds. The van der Waals surface area contributed by atoms with E-state index in [0.717, 1.165) is 11.1 Å². The Labute approximate surface area is 135 Å². The summed E-state index contributed by atoms with van der Waals surface area (Å²) in [5.41, 5.74) is 3.03. The lowest BCUT2D eigenvalue weighted by atomic mass is 10.1. The highest BCUT2D eigenvalue weighted by molar-refractivity contribution is 5.94. The van der Waals surface area contributed by atoms with Gasteiger partial charge in [-0.2, -0.15) is 0 Å². The molecular weight excluding hydrogens is 272 g/mol. The molecule has 0 saturated heterocycles. The van der Waals surface area contributed by atoms with Crippen molar-refractivity contribution in [1.29, 1.82) is 0 Å². The Hall–Kier alpha value is -2.22. The second-order valence-corrected chi connectivity index (χ2v) is 5.13. The molecule has 0 unspecified atom stereocenters. The van der Waals surface area contributed by atoms with Gasteiger partial charge < -0.3 is 0 Å². The molecule has 0 fully saturated rings. The lowest BCUT2D eigenvalue weighted by Crippen LogP contribution is -1.97. The largest absolute Gasteiger partial charge is 0.295 e. The van der Waals surface area contributed by atoms with E-state index in [4.69, 9.17) is 0 Å². The molecule has 22 heavy (non-hydrogen) atoms. The molecular formula is C20H28O2. The summed E-state index contributed by atoms with van der Waals surface area (Å²) in [6, 6.07) is 0. The summed E-state index contributed by atoms with van der Waals surface area (Å²) in [6.45, 7) is 25.1. The Bertz CT molecular complexity index is 444. The molecule has 0 aliphatic rings. The van der Waals surface area contributed by atoms with Crippen LogP contribution in [0.15, 0.2) is 73.9 Å². The summed E-state index contributed by atoms with van der Waals surface area (Å²) in [5.74, 6) is 0.209. The second kappa shape index (κ2) is 12.5. The lowest BCUT2D eigenvalue weighted by molar-refractivity contribution is -0.116. The van der Waals surface area contributed by atoms with Crippen LogP contribution in [0.1, 0.15) is 39.5 Å². The van der Waals surface area contributed by atoms with Crippen LogP contribution in [0.4, 0.5) is 0 Å². The van der Waals surface area contributed by atoms with Crippen molar-refractivity contribution in [3.63, 3.8) is 0 Å². The van der Waals surface area contributed by atoms with E-state index < -0.39 is 0 Å². The Kier molecular flexibility index (Phi) is 12.6. The highest BCUT2D eigenvalue weighted by Gasteiger charge is 2.01. The van der Waals surface area contributed by atoms with Gasteiger partial charge in [-0.3, -0.25) is 9.59 Å². The second-order valence-electron chi connectivity index (χ2n) is 5.13. The number of allylic oxidation sites excluding steroid dienone is 6. The van der Waals surface area contributed by atoms with E-state index in [1.54, 1.807) is 26.0 Å². The fraction of sp³-hybridized carbons (Fsp3) is 0.300. The standard InChI is InChI=1S/2C10H14O/c2*1-5-9(4)6-7-10(11)8(2)3/h2*5H,1-2,4,6-7H2,3H3. The maximum absolute atomic E-state index is 11.0. The monoisotopic (exact) mass is 300 g/mol. The van der Waals surface area contributed by atoms with Gasteiger partial charge in [-0.05, 0) is 37.8 Å². The van der Waals surface area contributed by atoms with Crippen molar-refractivity contribution < 1.29 is 9.59 Å². The van der Waals surface area contributed by atoms with Gasteiger partial charge in [0.1, 0.15) is 0 Å². The number of rotatable bonds is 10. The molecule has 0 aromatic carbocycles. The molecule has 0 heterocycles.